The molecule has 0 saturated carbocycles. The van der Waals surface area contributed by atoms with E-state index in [9.17, 15) is 8.42 Å². The van der Waals surface area contributed by atoms with Crippen molar-refractivity contribution in [2.24, 2.45) is 0 Å². The van der Waals surface area contributed by atoms with Gasteiger partial charge in [-0.15, -0.1) is 0 Å². The first-order valence-electron chi connectivity index (χ1n) is 6.83. The first kappa shape index (κ1) is 16.9. The predicted molar refractivity (Wildman–Crippen MR) is 81.5 cm³/mol. The third kappa shape index (κ3) is 5.11. The summed E-state index contributed by atoms with van der Waals surface area (Å²) in [5, 5.41) is 3.13. The van der Waals surface area contributed by atoms with Crippen molar-refractivity contribution in [1.82, 2.24) is 4.72 Å². The van der Waals surface area contributed by atoms with Gasteiger partial charge in [-0.05, 0) is 39.8 Å². The highest BCUT2D eigenvalue weighted by Gasteiger charge is 2.19. The number of para-hydroxylation sites is 1. The number of rotatable bonds is 8. The van der Waals surface area contributed by atoms with Crippen molar-refractivity contribution in [3.63, 3.8) is 0 Å². The molecule has 20 heavy (non-hydrogen) atoms. The van der Waals surface area contributed by atoms with E-state index in [2.05, 4.69) is 10.0 Å². The quantitative estimate of drug-likeness (QED) is 0.772. The molecule has 114 valence electrons. The van der Waals surface area contributed by atoms with Crippen LogP contribution in [0.25, 0.3) is 0 Å². The molecule has 0 saturated heterocycles. The Hall–Kier alpha value is -1.11. The fraction of sp³-hybridized carbons (Fsp3) is 0.571. The van der Waals surface area contributed by atoms with Gasteiger partial charge in [0.05, 0.1) is 11.8 Å². The summed E-state index contributed by atoms with van der Waals surface area (Å²) >= 11 is 0. The van der Waals surface area contributed by atoms with Gasteiger partial charge < -0.3 is 10.1 Å². The van der Waals surface area contributed by atoms with Gasteiger partial charge in [-0.1, -0.05) is 12.1 Å². The van der Waals surface area contributed by atoms with Crippen molar-refractivity contribution in [3.05, 3.63) is 24.3 Å². The zero-order valence-corrected chi connectivity index (χ0v) is 13.3. The van der Waals surface area contributed by atoms with Crippen LogP contribution in [0, 0.1) is 0 Å². The molecule has 0 heterocycles. The minimum absolute atomic E-state index is 0.0221. The van der Waals surface area contributed by atoms with Gasteiger partial charge in [0.15, 0.2) is 0 Å². The second-order valence-corrected chi connectivity index (χ2v) is 6.60. The van der Waals surface area contributed by atoms with Crippen LogP contribution in [0.5, 0.6) is 0 Å². The number of nitrogens with one attached hydrogen (secondary N) is 2. The average molecular weight is 300 g/mol. The van der Waals surface area contributed by atoms with Crippen LogP contribution < -0.4 is 10.0 Å². The molecule has 0 aliphatic heterocycles. The molecule has 0 aliphatic rings. The molecule has 0 bridgehead atoms. The Bertz CT molecular complexity index is 515. The zero-order valence-electron chi connectivity index (χ0n) is 12.5. The second-order valence-electron chi connectivity index (χ2n) is 4.92. The molecule has 5 nitrogen and oxygen atoms in total. The lowest BCUT2D eigenvalue weighted by Gasteiger charge is -2.17. The van der Waals surface area contributed by atoms with Gasteiger partial charge in [-0.25, -0.2) is 13.1 Å². The summed E-state index contributed by atoms with van der Waals surface area (Å²) in [6.45, 7) is 8.66. The molecule has 6 heteroatoms. The Labute approximate surface area is 121 Å². The van der Waals surface area contributed by atoms with E-state index in [1.165, 1.54) is 0 Å². The van der Waals surface area contributed by atoms with Crippen molar-refractivity contribution in [2.75, 3.05) is 18.5 Å². The molecule has 0 radical (unpaired) electrons. The Morgan fingerprint density at radius 1 is 1.20 bits per heavy atom. The minimum atomic E-state index is -3.50. The maximum atomic E-state index is 12.3. The van der Waals surface area contributed by atoms with Gasteiger partial charge in [0.25, 0.3) is 0 Å². The fourth-order valence-electron chi connectivity index (χ4n) is 1.82. The number of benzene rings is 1. The molecule has 0 spiro atoms. The third-order valence-electron chi connectivity index (χ3n) is 2.60. The van der Waals surface area contributed by atoms with Crippen molar-refractivity contribution < 1.29 is 13.2 Å². The van der Waals surface area contributed by atoms with E-state index in [1.54, 1.807) is 32.0 Å². The van der Waals surface area contributed by atoms with Crippen molar-refractivity contribution in [1.29, 1.82) is 0 Å². The Balaban J connectivity index is 2.88. The van der Waals surface area contributed by atoms with Crippen molar-refractivity contribution in [3.8, 4) is 0 Å². The number of sulfonamides is 1. The highest BCUT2D eigenvalue weighted by Crippen LogP contribution is 2.21. The highest BCUT2D eigenvalue weighted by atomic mass is 32.2. The maximum absolute atomic E-state index is 12.3. The van der Waals surface area contributed by atoms with E-state index < -0.39 is 10.0 Å². The minimum Gasteiger partial charge on any atom is -0.381 e. The van der Waals surface area contributed by atoms with E-state index in [4.69, 9.17) is 4.74 Å². The van der Waals surface area contributed by atoms with Crippen LogP contribution in [0.3, 0.4) is 0 Å². The summed E-state index contributed by atoms with van der Waals surface area (Å²) in [7, 11) is -3.50. The van der Waals surface area contributed by atoms with Crippen molar-refractivity contribution in [2.45, 2.75) is 44.7 Å². The van der Waals surface area contributed by atoms with Crippen LogP contribution in [0.2, 0.25) is 0 Å². The number of ether oxygens (including phenoxy) is 1. The second kappa shape index (κ2) is 7.61. The summed E-state index contributed by atoms with van der Waals surface area (Å²) in [5.74, 6) is 0. The molecule has 0 aliphatic carbocycles. The zero-order chi connectivity index (χ0) is 15.2. The third-order valence-corrected chi connectivity index (χ3v) is 4.32. The standard InChI is InChI=1S/C14H24N2O3S/c1-5-19-12(4)10-15-13-8-6-7-9-14(13)20(17,18)16-11(2)3/h6-9,11-12,15-16H,5,10H2,1-4H3. The van der Waals surface area contributed by atoms with Gasteiger partial charge in [0.1, 0.15) is 4.90 Å². The Kier molecular flexibility index (Phi) is 6.45. The van der Waals surface area contributed by atoms with E-state index in [1.807, 2.05) is 19.9 Å². The van der Waals surface area contributed by atoms with Crippen LogP contribution in [-0.4, -0.2) is 33.7 Å². The molecule has 1 aromatic carbocycles. The predicted octanol–water partition coefficient (Wildman–Crippen LogP) is 2.21. The molecule has 1 atom stereocenters. The molecule has 1 unspecified atom stereocenters. The van der Waals surface area contributed by atoms with Gasteiger partial charge in [0.2, 0.25) is 10.0 Å². The van der Waals surface area contributed by atoms with Gasteiger partial charge in [0, 0.05) is 19.2 Å². The topological polar surface area (TPSA) is 67.4 Å². The summed E-state index contributed by atoms with van der Waals surface area (Å²) in [5.41, 5.74) is 0.590. The van der Waals surface area contributed by atoms with Gasteiger partial charge >= 0.3 is 0 Å². The molecular weight excluding hydrogens is 276 g/mol. The SMILES string of the molecule is CCOC(C)CNc1ccccc1S(=O)(=O)NC(C)C. The molecule has 1 rings (SSSR count). The summed E-state index contributed by atoms with van der Waals surface area (Å²) in [6.07, 6.45) is 0.0221. The molecule has 0 amide bonds. The summed E-state index contributed by atoms with van der Waals surface area (Å²) in [4.78, 5) is 0.261. The molecule has 0 fully saturated rings. The van der Waals surface area contributed by atoms with Gasteiger partial charge in [-0.3, -0.25) is 0 Å². The highest BCUT2D eigenvalue weighted by molar-refractivity contribution is 7.89. The van der Waals surface area contributed by atoms with Crippen molar-refractivity contribution >= 4 is 15.7 Å². The number of hydrogen-bond donors (Lipinski definition) is 2. The Morgan fingerprint density at radius 2 is 1.85 bits per heavy atom. The van der Waals surface area contributed by atoms with E-state index in [0.29, 0.717) is 18.8 Å². The van der Waals surface area contributed by atoms with E-state index >= 15 is 0 Å². The number of anilines is 1. The molecule has 1 aromatic rings. The number of hydrogen-bond acceptors (Lipinski definition) is 4. The Morgan fingerprint density at radius 3 is 2.45 bits per heavy atom. The van der Waals surface area contributed by atoms with Crippen LogP contribution >= 0.6 is 0 Å². The lowest BCUT2D eigenvalue weighted by molar-refractivity contribution is 0.0855. The smallest absolute Gasteiger partial charge is 0.242 e. The van der Waals surface area contributed by atoms with Crippen LogP contribution in [-0.2, 0) is 14.8 Å². The first-order chi connectivity index (χ1) is 9.36. The summed E-state index contributed by atoms with van der Waals surface area (Å²) in [6, 6.07) is 6.73. The van der Waals surface area contributed by atoms with E-state index in [-0.39, 0.29) is 17.0 Å². The van der Waals surface area contributed by atoms with Crippen LogP contribution in [0.15, 0.2) is 29.2 Å². The summed E-state index contributed by atoms with van der Waals surface area (Å²) < 4.78 is 32.5. The lowest BCUT2D eigenvalue weighted by atomic mass is 10.3. The molecule has 2 N–H and O–H groups in total. The fourth-order valence-corrected chi connectivity index (χ4v) is 3.25. The van der Waals surface area contributed by atoms with Gasteiger partial charge in [-0.2, -0.15) is 0 Å². The molecular formula is C14H24N2O3S. The maximum Gasteiger partial charge on any atom is 0.242 e. The van der Waals surface area contributed by atoms with E-state index in [0.717, 1.165) is 0 Å². The normalized spacial score (nSPS) is 13.4. The van der Waals surface area contributed by atoms with Crippen LogP contribution in [0.1, 0.15) is 27.7 Å². The average Bonchev–Trinajstić information content (AvgIpc) is 2.35. The monoisotopic (exact) mass is 300 g/mol. The largest absolute Gasteiger partial charge is 0.381 e. The molecule has 0 aromatic heterocycles. The first-order valence-corrected chi connectivity index (χ1v) is 8.32. The lowest BCUT2D eigenvalue weighted by Crippen LogP contribution is -2.31. The van der Waals surface area contributed by atoms with Crippen LogP contribution in [0.4, 0.5) is 5.69 Å².